The van der Waals surface area contributed by atoms with E-state index in [9.17, 15) is 0 Å². The Morgan fingerprint density at radius 3 is 2.71 bits per heavy atom. The first-order valence-electron chi connectivity index (χ1n) is 7.02. The lowest BCUT2D eigenvalue weighted by Crippen LogP contribution is -2.29. The number of hydrogen-bond donors (Lipinski definition) is 1. The van der Waals surface area contributed by atoms with E-state index in [-0.39, 0.29) is 12.0 Å². The molecule has 3 rings (SSSR count). The van der Waals surface area contributed by atoms with Gasteiger partial charge in [0, 0.05) is 58.5 Å². The maximum atomic E-state index is 6.30. The fraction of sp³-hybridized carbons (Fsp3) is 0.500. The van der Waals surface area contributed by atoms with Crippen LogP contribution in [0.5, 0.6) is 0 Å². The molecule has 0 unspecified atom stereocenters. The number of aryl methyl sites for hydroxylation is 1. The third-order valence-electron chi connectivity index (χ3n) is 3.89. The van der Waals surface area contributed by atoms with Gasteiger partial charge in [0.1, 0.15) is 18.0 Å². The van der Waals surface area contributed by atoms with E-state index < -0.39 is 0 Å². The highest BCUT2D eigenvalue weighted by Gasteiger charge is 2.33. The van der Waals surface area contributed by atoms with Gasteiger partial charge in [0.15, 0.2) is 0 Å². The molecule has 1 saturated heterocycles. The summed E-state index contributed by atoms with van der Waals surface area (Å²) in [5.41, 5.74) is 7.35. The second-order valence-corrected chi connectivity index (χ2v) is 5.77. The molecule has 7 heteroatoms. The third-order valence-corrected chi connectivity index (χ3v) is 3.89. The van der Waals surface area contributed by atoms with Crippen LogP contribution in [0.4, 0.5) is 11.6 Å². The number of rotatable bonds is 3. The van der Waals surface area contributed by atoms with E-state index in [1.165, 1.54) is 0 Å². The van der Waals surface area contributed by atoms with Gasteiger partial charge in [-0.1, -0.05) is 0 Å². The minimum Gasteiger partial charge on any atom is -0.363 e. The van der Waals surface area contributed by atoms with Crippen LogP contribution in [0.3, 0.4) is 0 Å². The molecule has 0 amide bonds. The van der Waals surface area contributed by atoms with Crippen molar-refractivity contribution < 1.29 is 0 Å². The monoisotopic (exact) mass is 287 g/mol. The van der Waals surface area contributed by atoms with Crippen molar-refractivity contribution in [2.75, 3.05) is 37.0 Å². The smallest absolute Gasteiger partial charge is 0.134 e. The van der Waals surface area contributed by atoms with Crippen molar-refractivity contribution in [1.29, 1.82) is 0 Å². The van der Waals surface area contributed by atoms with Crippen molar-refractivity contribution in [3.63, 3.8) is 0 Å². The Bertz CT molecular complexity index is 621. The van der Waals surface area contributed by atoms with Crippen LogP contribution in [-0.4, -0.2) is 52.7 Å². The SMILES string of the molecule is CN(C)c1cc(N2C[C@@H](N)[C@H](c3cn(C)cn3)C2)ncn1. The van der Waals surface area contributed by atoms with E-state index in [0.717, 1.165) is 30.4 Å². The standard InChI is InChI=1S/C14H21N7/c1-19(2)13-4-14(17-8-16-13)21-5-10(11(15)6-21)12-7-20(3)9-18-12/h4,7-11H,5-6,15H2,1-3H3/t10-,11-/m1/s1. The Labute approximate surface area is 124 Å². The number of imidazole rings is 1. The first kappa shape index (κ1) is 13.8. The fourth-order valence-electron chi connectivity index (χ4n) is 2.71. The van der Waals surface area contributed by atoms with Crippen molar-refractivity contribution in [1.82, 2.24) is 19.5 Å². The number of hydrogen-bond acceptors (Lipinski definition) is 6. The van der Waals surface area contributed by atoms with Gasteiger partial charge in [-0.05, 0) is 0 Å². The fourth-order valence-corrected chi connectivity index (χ4v) is 2.71. The summed E-state index contributed by atoms with van der Waals surface area (Å²) >= 11 is 0. The highest BCUT2D eigenvalue weighted by atomic mass is 15.2. The summed E-state index contributed by atoms with van der Waals surface area (Å²) in [5.74, 6) is 2.06. The Balaban J connectivity index is 1.81. The van der Waals surface area contributed by atoms with Crippen molar-refractivity contribution in [3.8, 4) is 0 Å². The molecule has 1 aliphatic rings. The molecule has 0 saturated carbocycles. The number of nitrogens with zero attached hydrogens (tertiary/aromatic N) is 6. The Morgan fingerprint density at radius 2 is 2.05 bits per heavy atom. The summed E-state index contributed by atoms with van der Waals surface area (Å²) in [5, 5.41) is 0. The van der Waals surface area contributed by atoms with Crippen molar-refractivity contribution in [2.24, 2.45) is 12.8 Å². The molecule has 0 aliphatic carbocycles. The highest BCUT2D eigenvalue weighted by Crippen LogP contribution is 2.29. The van der Waals surface area contributed by atoms with Crippen LogP contribution < -0.4 is 15.5 Å². The summed E-state index contributed by atoms with van der Waals surface area (Å²) in [6.07, 6.45) is 5.46. The molecule has 0 radical (unpaired) electrons. The zero-order valence-corrected chi connectivity index (χ0v) is 12.6. The van der Waals surface area contributed by atoms with Gasteiger partial charge in [-0.15, -0.1) is 0 Å². The lowest BCUT2D eigenvalue weighted by atomic mass is 10.0. The van der Waals surface area contributed by atoms with E-state index in [4.69, 9.17) is 5.73 Å². The minimum absolute atomic E-state index is 0.0673. The Kier molecular flexibility index (Phi) is 3.50. The summed E-state index contributed by atoms with van der Waals surface area (Å²) in [4.78, 5) is 17.2. The molecule has 21 heavy (non-hydrogen) atoms. The van der Waals surface area contributed by atoms with Gasteiger partial charge in [0.25, 0.3) is 0 Å². The molecule has 1 aliphatic heterocycles. The minimum atomic E-state index is 0.0673. The molecule has 2 aromatic heterocycles. The van der Waals surface area contributed by atoms with Gasteiger partial charge in [0.05, 0.1) is 12.0 Å². The molecule has 7 nitrogen and oxygen atoms in total. The lowest BCUT2D eigenvalue weighted by molar-refractivity contribution is 0.639. The Morgan fingerprint density at radius 1 is 1.24 bits per heavy atom. The maximum absolute atomic E-state index is 6.30. The Hall–Kier alpha value is -2.15. The summed E-state index contributed by atoms with van der Waals surface area (Å²) in [6.45, 7) is 1.62. The highest BCUT2D eigenvalue weighted by molar-refractivity contribution is 5.50. The number of anilines is 2. The van der Waals surface area contributed by atoms with E-state index in [1.807, 2.05) is 49.2 Å². The topological polar surface area (TPSA) is 76.1 Å². The van der Waals surface area contributed by atoms with Crippen molar-refractivity contribution in [2.45, 2.75) is 12.0 Å². The van der Waals surface area contributed by atoms with E-state index in [2.05, 4.69) is 19.9 Å². The normalized spacial score (nSPS) is 21.8. The average molecular weight is 287 g/mol. The first-order valence-corrected chi connectivity index (χ1v) is 7.02. The zero-order valence-electron chi connectivity index (χ0n) is 12.6. The van der Waals surface area contributed by atoms with Crippen molar-refractivity contribution >= 4 is 11.6 Å². The summed E-state index contributed by atoms with van der Waals surface area (Å²) in [7, 11) is 5.92. The molecular formula is C14H21N7. The average Bonchev–Trinajstić information content (AvgIpc) is 3.05. The molecular weight excluding hydrogens is 266 g/mol. The summed E-state index contributed by atoms with van der Waals surface area (Å²) < 4.78 is 1.96. The van der Waals surface area contributed by atoms with Crippen LogP contribution in [-0.2, 0) is 7.05 Å². The molecule has 2 aromatic rings. The molecule has 3 heterocycles. The number of aromatic nitrogens is 4. The first-order chi connectivity index (χ1) is 10.0. The largest absolute Gasteiger partial charge is 0.363 e. The van der Waals surface area contributed by atoms with Gasteiger partial charge < -0.3 is 20.1 Å². The van der Waals surface area contributed by atoms with Crippen LogP contribution in [0.1, 0.15) is 11.6 Å². The molecule has 0 aromatic carbocycles. The summed E-state index contributed by atoms with van der Waals surface area (Å²) in [6, 6.07) is 2.06. The van der Waals surface area contributed by atoms with Gasteiger partial charge >= 0.3 is 0 Å². The second kappa shape index (κ2) is 5.33. The molecule has 2 N–H and O–H groups in total. The quantitative estimate of drug-likeness (QED) is 0.869. The second-order valence-electron chi connectivity index (χ2n) is 5.77. The van der Waals surface area contributed by atoms with Gasteiger partial charge in [-0.2, -0.15) is 0 Å². The van der Waals surface area contributed by atoms with Crippen molar-refractivity contribution in [3.05, 3.63) is 30.6 Å². The molecule has 0 bridgehead atoms. The molecule has 2 atom stereocenters. The van der Waals surface area contributed by atoms with Crippen LogP contribution in [0.25, 0.3) is 0 Å². The third kappa shape index (κ3) is 2.69. The molecule has 1 fully saturated rings. The lowest BCUT2D eigenvalue weighted by Gasteiger charge is -2.19. The maximum Gasteiger partial charge on any atom is 0.134 e. The predicted octanol–water partition coefficient (Wildman–Crippen LogP) is 0.207. The van der Waals surface area contributed by atoms with Gasteiger partial charge in [-0.25, -0.2) is 15.0 Å². The predicted molar refractivity (Wildman–Crippen MR) is 82.5 cm³/mol. The van der Waals surface area contributed by atoms with Crippen LogP contribution >= 0.6 is 0 Å². The number of nitrogens with two attached hydrogens (primary N) is 1. The van der Waals surface area contributed by atoms with Gasteiger partial charge in [-0.3, -0.25) is 0 Å². The molecule has 112 valence electrons. The zero-order chi connectivity index (χ0) is 15.0. The molecule has 0 spiro atoms. The van der Waals surface area contributed by atoms with Gasteiger partial charge in [0.2, 0.25) is 0 Å². The van der Waals surface area contributed by atoms with Crippen LogP contribution in [0, 0.1) is 0 Å². The van der Waals surface area contributed by atoms with E-state index in [1.54, 1.807) is 6.33 Å². The van der Waals surface area contributed by atoms with E-state index >= 15 is 0 Å². The van der Waals surface area contributed by atoms with Crippen LogP contribution in [0.15, 0.2) is 24.9 Å². The van der Waals surface area contributed by atoms with Crippen LogP contribution in [0.2, 0.25) is 0 Å². The van der Waals surface area contributed by atoms with E-state index in [0.29, 0.717) is 0 Å².